The summed E-state index contributed by atoms with van der Waals surface area (Å²) in [6.07, 6.45) is 7.46. The zero-order chi connectivity index (χ0) is 21.9. The van der Waals surface area contributed by atoms with Gasteiger partial charge in [-0.2, -0.15) is 0 Å². The summed E-state index contributed by atoms with van der Waals surface area (Å²) in [5.41, 5.74) is 5.64. The van der Waals surface area contributed by atoms with Crippen molar-refractivity contribution in [2.75, 3.05) is 31.6 Å². The first-order valence-electron chi connectivity index (χ1n) is 11.0. The van der Waals surface area contributed by atoms with Crippen molar-refractivity contribution in [1.29, 1.82) is 0 Å². The van der Waals surface area contributed by atoms with Gasteiger partial charge in [-0.1, -0.05) is 12.1 Å². The Hall–Kier alpha value is -3.45. The Bertz CT molecular complexity index is 1260. The number of halogens is 1. The number of imidazole rings is 1. The van der Waals surface area contributed by atoms with Gasteiger partial charge in [0, 0.05) is 42.5 Å². The van der Waals surface area contributed by atoms with Gasteiger partial charge in [0.15, 0.2) is 5.65 Å². The molecule has 0 radical (unpaired) electrons. The van der Waals surface area contributed by atoms with E-state index in [2.05, 4.69) is 44.5 Å². The van der Waals surface area contributed by atoms with Crippen molar-refractivity contribution in [3.05, 3.63) is 83.0 Å². The molecule has 1 aliphatic rings. The molecule has 6 nitrogen and oxygen atoms in total. The summed E-state index contributed by atoms with van der Waals surface area (Å²) in [5.74, 6) is 0.534. The number of pyridine rings is 2. The van der Waals surface area contributed by atoms with E-state index in [1.54, 1.807) is 18.5 Å². The Balaban J connectivity index is 1.34. The molecule has 32 heavy (non-hydrogen) atoms. The van der Waals surface area contributed by atoms with Crippen molar-refractivity contribution in [2.24, 2.45) is 0 Å². The van der Waals surface area contributed by atoms with E-state index in [0.29, 0.717) is 12.5 Å². The molecule has 0 atom stereocenters. The Labute approximate surface area is 185 Å². The maximum atomic E-state index is 12.6. The average molecular weight is 432 g/mol. The van der Waals surface area contributed by atoms with Crippen LogP contribution in [0, 0.1) is 0 Å². The maximum absolute atomic E-state index is 12.6. The minimum atomic E-state index is -0.264. The molecule has 7 heteroatoms. The first-order chi connectivity index (χ1) is 15.7. The molecule has 3 aromatic heterocycles. The molecule has 1 fully saturated rings. The normalized spacial score (nSPS) is 15.3. The number of alkyl halides is 1. The molecule has 0 bridgehead atoms. The van der Waals surface area contributed by atoms with E-state index in [-0.39, 0.29) is 12.2 Å². The van der Waals surface area contributed by atoms with Crippen LogP contribution in [0.2, 0.25) is 0 Å². The zero-order valence-electron chi connectivity index (χ0n) is 17.8. The molecule has 5 rings (SSSR count). The number of benzene rings is 1. The summed E-state index contributed by atoms with van der Waals surface area (Å²) >= 11 is 0. The number of likely N-dealkylation sites (tertiary alicyclic amines) is 1. The van der Waals surface area contributed by atoms with Crippen molar-refractivity contribution < 1.29 is 4.39 Å². The van der Waals surface area contributed by atoms with Gasteiger partial charge in [-0.15, -0.1) is 0 Å². The second-order valence-corrected chi connectivity index (χ2v) is 8.25. The Morgan fingerprint density at radius 1 is 1.09 bits per heavy atom. The number of piperidine rings is 1. The maximum Gasteiger partial charge on any atom is 0.248 e. The molecule has 4 heterocycles. The lowest BCUT2D eigenvalue weighted by Gasteiger charge is -2.31. The lowest BCUT2D eigenvalue weighted by Crippen LogP contribution is -2.34. The van der Waals surface area contributed by atoms with Gasteiger partial charge in [-0.3, -0.25) is 9.20 Å². The van der Waals surface area contributed by atoms with Gasteiger partial charge >= 0.3 is 0 Å². The quantitative estimate of drug-likeness (QED) is 0.469. The highest BCUT2D eigenvalue weighted by atomic mass is 19.1. The lowest BCUT2D eigenvalue weighted by atomic mass is 9.89. The minimum absolute atomic E-state index is 0.133. The second kappa shape index (κ2) is 8.96. The highest BCUT2D eigenvalue weighted by Gasteiger charge is 2.20. The standard InChI is InChI=1S/C25H26FN5O/c26-10-15-30-13-8-19(9-14-30)18-1-3-21(4-2-18)29-22-5-6-23(31-16-12-28-25(22)31)20-7-11-27-24(32)17-20/h1-7,11-12,16-17,19,29H,8-10,13-15H2,(H,27,32). The fourth-order valence-corrected chi connectivity index (χ4v) is 4.55. The van der Waals surface area contributed by atoms with Crippen LogP contribution in [0.25, 0.3) is 16.9 Å². The summed E-state index contributed by atoms with van der Waals surface area (Å²) in [5, 5.41) is 3.48. The number of nitrogens with zero attached hydrogens (tertiary/aromatic N) is 3. The van der Waals surface area contributed by atoms with E-state index >= 15 is 0 Å². The average Bonchev–Trinajstić information content (AvgIpc) is 3.31. The van der Waals surface area contributed by atoms with Crippen LogP contribution in [-0.4, -0.2) is 45.6 Å². The van der Waals surface area contributed by atoms with Crippen molar-refractivity contribution >= 4 is 17.0 Å². The summed E-state index contributed by atoms with van der Waals surface area (Å²) in [6, 6.07) is 16.0. The molecule has 0 unspecified atom stereocenters. The van der Waals surface area contributed by atoms with Crippen LogP contribution in [0.15, 0.2) is 71.9 Å². The predicted molar refractivity (Wildman–Crippen MR) is 125 cm³/mol. The molecular formula is C25H26FN5O. The molecule has 164 valence electrons. The fraction of sp³-hybridized carbons (Fsp3) is 0.280. The van der Waals surface area contributed by atoms with Gasteiger partial charge in [-0.25, -0.2) is 9.37 Å². The topological polar surface area (TPSA) is 65.4 Å². The van der Waals surface area contributed by atoms with Gasteiger partial charge in [-0.05, 0) is 67.7 Å². The van der Waals surface area contributed by atoms with Crippen molar-refractivity contribution in [1.82, 2.24) is 19.3 Å². The van der Waals surface area contributed by atoms with E-state index in [1.807, 2.05) is 28.8 Å². The first kappa shape index (κ1) is 20.5. The number of anilines is 2. The van der Waals surface area contributed by atoms with Crippen molar-refractivity contribution in [2.45, 2.75) is 18.8 Å². The first-order valence-corrected chi connectivity index (χ1v) is 11.0. The Morgan fingerprint density at radius 2 is 1.91 bits per heavy atom. The zero-order valence-corrected chi connectivity index (χ0v) is 17.8. The third-order valence-electron chi connectivity index (χ3n) is 6.27. The molecule has 1 aromatic carbocycles. The van der Waals surface area contributed by atoms with Crippen molar-refractivity contribution in [3.63, 3.8) is 0 Å². The summed E-state index contributed by atoms with van der Waals surface area (Å²) in [6.45, 7) is 2.22. The van der Waals surface area contributed by atoms with Gasteiger partial charge in [0.25, 0.3) is 0 Å². The molecule has 0 aliphatic carbocycles. The van der Waals surface area contributed by atoms with Gasteiger partial charge in [0.05, 0.1) is 11.4 Å². The number of rotatable bonds is 6. The number of fused-ring (bicyclic) bond motifs is 1. The molecule has 0 spiro atoms. The second-order valence-electron chi connectivity index (χ2n) is 8.25. The molecule has 1 saturated heterocycles. The summed E-state index contributed by atoms with van der Waals surface area (Å²) < 4.78 is 14.5. The van der Waals surface area contributed by atoms with E-state index in [1.165, 1.54) is 5.56 Å². The number of hydrogen-bond acceptors (Lipinski definition) is 4. The van der Waals surface area contributed by atoms with E-state index in [4.69, 9.17) is 0 Å². The molecule has 4 aromatic rings. The largest absolute Gasteiger partial charge is 0.352 e. The minimum Gasteiger partial charge on any atom is -0.352 e. The molecule has 1 aliphatic heterocycles. The fourth-order valence-electron chi connectivity index (χ4n) is 4.55. The highest BCUT2D eigenvalue weighted by Crippen LogP contribution is 2.30. The Kier molecular flexibility index (Phi) is 5.73. The van der Waals surface area contributed by atoms with Gasteiger partial charge in [0.2, 0.25) is 5.56 Å². The number of H-pyrrole nitrogens is 1. The number of nitrogens with one attached hydrogen (secondary N) is 2. The van der Waals surface area contributed by atoms with E-state index in [9.17, 15) is 9.18 Å². The van der Waals surface area contributed by atoms with Gasteiger partial charge in [0.1, 0.15) is 6.67 Å². The van der Waals surface area contributed by atoms with E-state index in [0.717, 1.165) is 54.2 Å². The molecular weight excluding hydrogens is 405 g/mol. The SMILES string of the molecule is O=c1cc(-c2ccc(Nc3ccc(C4CCN(CCF)CC4)cc3)c3nccn23)cc[nH]1. The summed E-state index contributed by atoms with van der Waals surface area (Å²) in [4.78, 5) is 21.1. The number of hydrogen-bond donors (Lipinski definition) is 2. The van der Waals surface area contributed by atoms with Crippen LogP contribution < -0.4 is 10.9 Å². The third-order valence-corrected chi connectivity index (χ3v) is 6.27. The Morgan fingerprint density at radius 3 is 2.66 bits per heavy atom. The van der Waals surface area contributed by atoms with Crippen LogP contribution >= 0.6 is 0 Å². The van der Waals surface area contributed by atoms with Crippen LogP contribution in [0.5, 0.6) is 0 Å². The molecule has 0 saturated carbocycles. The monoisotopic (exact) mass is 431 g/mol. The highest BCUT2D eigenvalue weighted by molar-refractivity contribution is 5.78. The van der Waals surface area contributed by atoms with Crippen LogP contribution in [-0.2, 0) is 0 Å². The van der Waals surface area contributed by atoms with Crippen LogP contribution in [0.3, 0.4) is 0 Å². The number of aromatic amines is 1. The smallest absolute Gasteiger partial charge is 0.248 e. The number of aromatic nitrogens is 3. The molecule has 0 amide bonds. The molecule has 2 N–H and O–H groups in total. The van der Waals surface area contributed by atoms with Crippen LogP contribution in [0.1, 0.15) is 24.3 Å². The van der Waals surface area contributed by atoms with E-state index < -0.39 is 0 Å². The van der Waals surface area contributed by atoms with Crippen LogP contribution in [0.4, 0.5) is 15.8 Å². The lowest BCUT2D eigenvalue weighted by molar-refractivity contribution is 0.197. The summed E-state index contributed by atoms with van der Waals surface area (Å²) in [7, 11) is 0. The third kappa shape index (κ3) is 4.16. The van der Waals surface area contributed by atoms with Gasteiger partial charge < -0.3 is 15.2 Å². The predicted octanol–water partition coefficient (Wildman–Crippen LogP) is 4.58. The van der Waals surface area contributed by atoms with Crippen molar-refractivity contribution in [3.8, 4) is 11.3 Å².